The van der Waals surface area contributed by atoms with E-state index in [1.165, 1.54) is 22.9 Å². The first-order valence-electron chi connectivity index (χ1n) is 8.30. The molecule has 3 aromatic rings. The SMILES string of the molecule is C=CCNS(=O)(=O)c1ccccc1C(=O)n1nc(C)cc1-c1ccccc1. The van der Waals surface area contributed by atoms with Crippen LogP contribution in [0, 0.1) is 6.92 Å². The average Bonchev–Trinajstić information content (AvgIpc) is 3.08. The van der Waals surface area contributed by atoms with Gasteiger partial charge >= 0.3 is 0 Å². The Hall–Kier alpha value is -3.03. The lowest BCUT2D eigenvalue weighted by Crippen LogP contribution is -2.27. The Bertz CT molecular complexity index is 1090. The first kappa shape index (κ1) is 18.8. The van der Waals surface area contributed by atoms with Crippen molar-refractivity contribution in [2.45, 2.75) is 11.8 Å². The van der Waals surface area contributed by atoms with Crippen LogP contribution in [0.3, 0.4) is 0 Å². The highest BCUT2D eigenvalue weighted by molar-refractivity contribution is 7.89. The summed E-state index contributed by atoms with van der Waals surface area (Å²) in [5, 5.41) is 4.28. The van der Waals surface area contributed by atoms with Crippen LogP contribution < -0.4 is 4.72 Å². The number of sulfonamides is 1. The van der Waals surface area contributed by atoms with Gasteiger partial charge in [-0.1, -0.05) is 48.5 Å². The second kappa shape index (κ2) is 7.69. The van der Waals surface area contributed by atoms with Crippen LogP contribution in [0.15, 0.2) is 78.2 Å². The number of aromatic nitrogens is 2. The highest BCUT2D eigenvalue weighted by Gasteiger charge is 2.24. The smallest absolute Gasteiger partial charge is 0.267 e. The number of carbonyl (C=O) groups is 1. The van der Waals surface area contributed by atoms with Crippen LogP contribution in [-0.2, 0) is 10.0 Å². The van der Waals surface area contributed by atoms with Crippen LogP contribution in [0.25, 0.3) is 11.3 Å². The lowest BCUT2D eigenvalue weighted by molar-refractivity contribution is 0.0943. The second-order valence-electron chi connectivity index (χ2n) is 5.89. The molecular weight excluding hydrogens is 362 g/mol. The van der Waals surface area contributed by atoms with Crippen molar-refractivity contribution in [3.63, 3.8) is 0 Å². The van der Waals surface area contributed by atoms with Gasteiger partial charge in [-0.15, -0.1) is 6.58 Å². The van der Waals surface area contributed by atoms with E-state index in [-0.39, 0.29) is 17.0 Å². The van der Waals surface area contributed by atoms with E-state index in [0.717, 1.165) is 5.56 Å². The number of carbonyl (C=O) groups excluding carboxylic acids is 1. The monoisotopic (exact) mass is 381 g/mol. The zero-order chi connectivity index (χ0) is 19.4. The van der Waals surface area contributed by atoms with Crippen molar-refractivity contribution in [3.05, 3.63) is 84.6 Å². The predicted octanol–water partition coefficient (Wildman–Crippen LogP) is 3.01. The van der Waals surface area contributed by atoms with E-state index in [2.05, 4.69) is 16.4 Å². The molecule has 0 fully saturated rings. The predicted molar refractivity (Wildman–Crippen MR) is 104 cm³/mol. The minimum absolute atomic E-state index is 0.0503. The van der Waals surface area contributed by atoms with Gasteiger partial charge in [-0.3, -0.25) is 4.79 Å². The molecule has 7 heteroatoms. The van der Waals surface area contributed by atoms with Crippen LogP contribution in [0.1, 0.15) is 16.1 Å². The van der Waals surface area contributed by atoms with Crippen LogP contribution in [-0.4, -0.2) is 30.7 Å². The minimum atomic E-state index is -3.86. The van der Waals surface area contributed by atoms with Crippen molar-refractivity contribution < 1.29 is 13.2 Å². The van der Waals surface area contributed by atoms with Gasteiger partial charge in [0.25, 0.3) is 5.91 Å². The summed E-state index contributed by atoms with van der Waals surface area (Å²) in [5.41, 5.74) is 2.13. The number of hydrogen-bond donors (Lipinski definition) is 1. The van der Waals surface area contributed by atoms with Crippen molar-refractivity contribution in [1.82, 2.24) is 14.5 Å². The van der Waals surface area contributed by atoms with Crippen LogP contribution in [0.4, 0.5) is 0 Å². The van der Waals surface area contributed by atoms with Gasteiger partial charge in [-0.05, 0) is 25.1 Å². The highest BCUT2D eigenvalue weighted by Crippen LogP contribution is 2.23. The standard InChI is InChI=1S/C20H19N3O3S/c1-3-13-21-27(25,26)19-12-8-7-11-17(19)20(24)23-18(14-15(2)22-23)16-9-5-4-6-10-16/h3-12,14,21H,1,13H2,2H3. The summed E-state index contributed by atoms with van der Waals surface area (Å²) in [6.45, 7) is 5.36. The molecule has 0 bridgehead atoms. The van der Waals surface area contributed by atoms with Gasteiger partial charge in [0.05, 0.1) is 21.8 Å². The van der Waals surface area contributed by atoms with E-state index in [1.54, 1.807) is 25.1 Å². The number of hydrogen-bond acceptors (Lipinski definition) is 4. The Kier molecular flexibility index (Phi) is 5.34. The lowest BCUT2D eigenvalue weighted by atomic mass is 10.1. The third-order valence-corrected chi connectivity index (χ3v) is 5.40. The molecule has 0 aliphatic rings. The van der Waals surface area contributed by atoms with Crippen molar-refractivity contribution in [2.75, 3.05) is 6.54 Å². The molecule has 6 nitrogen and oxygen atoms in total. The van der Waals surface area contributed by atoms with Gasteiger partial charge in [0, 0.05) is 12.1 Å². The summed E-state index contributed by atoms with van der Waals surface area (Å²) in [5.74, 6) is -0.512. The highest BCUT2D eigenvalue weighted by atomic mass is 32.2. The molecule has 0 unspecified atom stereocenters. The molecule has 0 spiro atoms. The quantitative estimate of drug-likeness (QED) is 0.666. The minimum Gasteiger partial charge on any atom is -0.267 e. The molecule has 0 aliphatic carbocycles. The molecular formula is C20H19N3O3S. The molecule has 1 aromatic heterocycles. The summed E-state index contributed by atoms with van der Waals surface area (Å²) < 4.78 is 28.8. The average molecular weight is 381 g/mol. The van der Waals surface area contributed by atoms with Gasteiger partial charge in [-0.2, -0.15) is 9.78 Å². The molecule has 2 aromatic carbocycles. The Morgan fingerprint density at radius 2 is 1.81 bits per heavy atom. The number of aryl methyl sites for hydroxylation is 1. The maximum Gasteiger partial charge on any atom is 0.280 e. The van der Waals surface area contributed by atoms with Gasteiger partial charge < -0.3 is 0 Å². The molecule has 0 amide bonds. The van der Waals surface area contributed by atoms with E-state index in [0.29, 0.717) is 11.4 Å². The fourth-order valence-corrected chi connectivity index (χ4v) is 3.90. The molecule has 1 heterocycles. The Labute approximate surface area is 158 Å². The van der Waals surface area contributed by atoms with Crippen molar-refractivity contribution in [3.8, 4) is 11.3 Å². The normalized spacial score (nSPS) is 11.3. The number of benzene rings is 2. The molecule has 0 atom stereocenters. The Morgan fingerprint density at radius 1 is 1.15 bits per heavy atom. The fraction of sp³-hybridized carbons (Fsp3) is 0.100. The van der Waals surface area contributed by atoms with E-state index in [4.69, 9.17) is 0 Å². The topological polar surface area (TPSA) is 81.1 Å². The first-order valence-corrected chi connectivity index (χ1v) is 9.79. The number of rotatable bonds is 6. The lowest BCUT2D eigenvalue weighted by Gasteiger charge is -2.11. The van der Waals surface area contributed by atoms with Crippen molar-refractivity contribution in [2.24, 2.45) is 0 Å². The Morgan fingerprint density at radius 3 is 2.52 bits per heavy atom. The van der Waals surface area contributed by atoms with Gasteiger partial charge in [-0.25, -0.2) is 13.1 Å². The van der Waals surface area contributed by atoms with E-state index < -0.39 is 15.9 Å². The van der Waals surface area contributed by atoms with E-state index in [9.17, 15) is 13.2 Å². The van der Waals surface area contributed by atoms with Crippen LogP contribution in [0.2, 0.25) is 0 Å². The summed E-state index contributed by atoms with van der Waals surface area (Å²) in [6, 6.07) is 17.2. The van der Waals surface area contributed by atoms with Crippen molar-refractivity contribution in [1.29, 1.82) is 0 Å². The molecule has 0 radical (unpaired) electrons. The maximum atomic E-state index is 13.2. The van der Waals surface area contributed by atoms with Gasteiger partial charge in [0.1, 0.15) is 0 Å². The molecule has 0 aliphatic heterocycles. The zero-order valence-corrected chi connectivity index (χ0v) is 15.6. The fourth-order valence-electron chi connectivity index (χ4n) is 2.71. The third-order valence-electron chi connectivity index (χ3n) is 3.92. The summed E-state index contributed by atoms with van der Waals surface area (Å²) in [6.07, 6.45) is 1.44. The van der Waals surface area contributed by atoms with Gasteiger partial charge in [0.15, 0.2) is 0 Å². The third kappa shape index (κ3) is 3.89. The Balaban J connectivity index is 2.10. The molecule has 3 rings (SSSR count). The molecule has 1 N–H and O–H groups in total. The van der Waals surface area contributed by atoms with Gasteiger partial charge in [0.2, 0.25) is 10.0 Å². The molecule has 138 valence electrons. The molecule has 0 saturated heterocycles. The maximum absolute atomic E-state index is 13.2. The second-order valence-corrected chi connectivity index (χ2v) is 7.63. The number of nitrogens with zero attached hydrogens (tertiary/aromatic N) is 2. The molecule has 0 saturated carbocycles. The molecule has 27 heavy (non-hydrogen) atoms. The van der Waals surface area contributed by atoms with Crippen molar-refractivity contribution >= 4 is 15.9 Å². The van der Waals surface area contributed by atoms with E-state index >= 15 is 0 Å². The number of nitrogens with one attached hydrogen (secondary N) is 1. The van der Waals surface area contributed by atoms with E-state index in [1.807, 2.05) is 30.3 Å². The summed E-state index contributed by atoms with van der Waals surface area (Å²) in [4.78, 5) is 13.1. The first-order chi connectivity index (χ1) is 12.9. The summed E-state index contributed by atoms with van der Waals surface area (Å²) >= 11 is 0. The van der Waals surface area contributed by atoms with Crippen LogP contribution >= 0.6 is 0 Å². The van der Waals surface area contributed by atoms with Crippen LogP contribution in [0.5, 0.6) is 0 Å². The zero-order valence-electron chi connectivity index (χ0n) is 14.8. The summed E-state index contributed by atoms with van der Waals surface area (Å²) in [7, 11) is -3.86. The largest absolute Gasteiger partial charge is 0.280 e.